The number of rotatable bonds is 6. The van der Waals surface area contributed by atoms with Crippen LogP contribution in [-0.2, 0) is 18.2 Å². The fourth-order valence-corrected chi connectivity index (χ4v) is 1.36. The molecule has 1 rings (SSSR count). The monoisotopic (exact) mass is 198 g/mol. The van der Waals surface area contributed by atoms with Gasteiger partial charge in [0.1, 0.15) is 5.82 Å². The standard InChI is InChI=1S/C9H18N4O/c1-13-6-5-11-9(13)4-3-8(12-10)7-14-2/h5-6,8,12H,3-4,7,10H2,1-2H3. The maximum absolute atomic E-state index is 5.38. The lowest BCUT2D eigenvalue weighted by Gasteiger charge is -2.14. The minimum atomic E-state index is 0.191. The molecule has 1 atom stereocenters. The molecule has 5 heteroatoms. The van der Waals surface area contributed by atoms with Gasteiger partial charge in [-0.25, -0.2) is 4.98 Å². The number of hydrazine groups is 1. The number of aromatic nitrogens is 2. The fraction of sp³-hybridized carbons (Fsp3) is 0.667. The molecule has 0 saturated carbocycles. The van der Waals surface area contributed by atoms with Crippen LogP contribution in [-0.4, -0.2) is 29.3 Å². The molecule has 0 saturated heterocycles. The van der Waals surface area contributed by atoms with E-state index in [0.717, 1.165) is 18.7 Å². The normalized spacial score (nSPS) is 13.1. The molecule has 1 aromatic heterocycles. The first-order valence-electron chi connectivity index (χ1n) is 4.69. The molecule has 0 spiro atoms. The topological polar surface area (TPSA) is 65.1 Å². The predicted molar refractivity (Wildman–Crippen MR) is 54.5 cm³/mol. The zero-order chi connectivity index (χ0) is 10.4. The molecule has 0 aliphatic heterocycles. The molecule has 1 aromatic rings. The van der Waals surface area contributed by atoms with E-state index in [1.54, 1.807) is 13.3 Å². The van der Waals surface area contributed by atoms with Gasteiger partial charge in [0.15, 0.2) is 0 Å². The molecule has 14 heavy (non-hydrogen) atoms. The van der Waals surface area contributed by atoms with Gasteiger partial charge in [-0.15, -0.1) is 0 Å². The third-order valence-electron chi connectivity index (χ3n) is 2.24. The average Bonchev–Trinajstić information content (AvgIpc) is 2.59. The van der Waals surface area contributed by atoms with Crippen molar-refractivity contribution in [2.45, 2.75) is 18.9 Å². The summed E-state index contributed by atoms with van der Waals surface area (Å²) in [6.45, 7) is 0.626. The number of hydrogen-bond donors (Lipinski definition) is 2. The Labute approximate surface area is 84.2 Å². The van der Waals surface area contributed by atoms with Gasteiger partial charge in [-0.3, -0.25) is 11.3 Å². The Morgan fingerprint density at radius 3 is 3.00 bits per heavy atom. The molecule has 0 bridgehead atoms. The van der Waals surface area contributed by atoms with Crippen LogP contribution in [0.4, 0.5) is 0 Å². The SMILES string of the molecule is COCC(CCc1nccn1C)NN. The van der Waals surface area contributed by atoms with Gasteiger partial charge in [0.2, 0.25) is 0 Å². The second-order valence-electron chi connectivity index (χ2n) is 3.31. The summed E-state index contributed by atoms with van der Waals surface area (Å²) in [7, 11) is 3.66. The van der Waals surface area contributed by atoms with E-state index in [1.165, 1.54) is 0 Å². The molecule has 1 unspecified atom stereocenters. The molecule has 0 aliphatic carbocycles. The Bertz CT molecular complexity index is 261. The molecule has 3 N–H and O–H groups in total. The van der Waals surface area contributed by atoms with Crippen molar-refractivity contribution in [3.8, 4) is 0 Å². The summed E-state index contributed by atoms with van der Waals surface area (Å²) in [4.78, 5) is 4.24. The Kier molecular flexibility index (Phi) is 4.58. The van der Waals surface area contributed by atoms with Gasteiger partial charge in [-0.05, 0) is 6.42 Å². The highest BCUT2D eigenvalue weighted by Crippen LogP contribution is 2.02. The number of imidazole rings is 1. The van der Waals surface area contributed by atoms with Gasteiger partial charge < -0.3 is 9.30 Å². The fourth-order valence-electron chi connectivity index (χ4n) is 1.36. The second kappa shape index (κ2) is 5.74. The van der Waals surface area contributed by atoms with Crippen molar-refractivity contribution in [2.24, 2.45) is 12.9 Å². The van der Waals surface area contributed by atoms with Crippen LogP contribution in [0.15, 0.2) is 12.4 Å². The molecule has 0 fully saturated rings. The van der Waals surface area contributed by atoms with E-state index in [4.69, 9.17) is 10.6 Å². The molecule has 5 nitrogen and oxygen atoms in total. The van der Waals surface area contributed by atoms with E-state index in [2.05, 4.69) is 10.4 Å². The van der Waals surface area contributed by atoms with Crippen LogP contribution in [0.3, 0.4) is 0 Å². The molecule has 1 heterocycles. The van der Waals surface area contributed by atoms with Crippen molar-refractivity contribution < 1.29 is 4.74 Å². The van der Waals surface area contributed by atoms with E-state index in [0.29, 0.717) is 6.61 Å². The quantitative estimate of drug-likeness (QED) is 0.492. The van der Waals surface area contributed by atoms with Crippen molar-refractivity contribution in [3.05, 3.63) is 18.2 Å². The number of aryl methyl sites for hydroxylation is 2. The van der Waals surface area contributed by atoms with Crippen LogP contribution >= 0.6 is 0 Å². The summed E-state index contributed by atoms with van der Waals surface area (Å²) in [5.74, 6) is 6.45. The highest BCUT2D eigenvalue weighted by atomic mass is 16.5. The molecule has 0 aromatic carbocycles. The van der Waals surface area contributed by atoms with Crippen LogP contribution < -0.4 is 11.3 Å². The molecular formula is C9H18N4O. The largest absolute Gasteiger partial charge is 0.383 e. The van der Waals surface area contributed by atoms with Gasteiger partial charge in [0.25, 0.3) is 0 Å². The third-order valence-corrected chi connectivity index (χ3v) is 2.24. The first kappa shape index (κ1) is 11.2. The number of methoxy groups -OCH3 is 1. The lowest BCUT2D eigenvalue weighted by Crippen LogP contribution is -2.38. The Hall–Kier alpha value is -0.910. The van der Waals surface area contributed by atoms with E-state index >= 15 is 0 Å². The lowest BCUT2D eigenvalue weighted by atomic mass is 10.1. The molecule has 80 valence electrons. The number of nitrogens with zero attached hydrogens (tertiary/aromatic N) is 2. The number of ether oxygens (including phenoxy) is 1. The summed E-state index contributed by atoms with van der Waals surface area (Å²) in [6.07, 6.45) is 5.57. The smallest absolute Gasteiger partial charge is 0.108 e. The highest BCUT2D eigenvalue weighted by molar-refractivity contribution is 4.91. The number of nitrogens with one attached hydrogen (secondary N) is 1. The Balaban J connectivity index is 2.35. The predicted octanol–water partition coefficient (Wildman–Crippen LogP) is -0.169. The van der Waals surface area contributed by atoms with Crippen LogP contribution in [0.5, 0.6) is 0 Å². The number of hydrogen-bond acceptors (Lipinski definition) is 4. The van der Waals surface area contributed by atoms with Crippen LogP contribution in [0.1, 0.15) is 12.2 Å². The van der Waals surface area contributed by atoms with Crippen LogP contribution in [0.25, 0.3) is 0 Å². The van der Waals surface area contributed by atoms with E-state index in [9.17, 15) is 0 Å². The maximum Gasteiger partial charge on any atom is 0.108 e. The summed E-state index contributed by atoms with van der Waals surface area (Å²) < 4.78 is 7.04. The van der Waals surface area contributed by atoms with Crippen molar-refractivity contribution in [1.29, 1.82) is 0 Å². The lowest BCUT2D eigenvalue weighted by molar-refractivity contribution is 0.162. The minimum Gasteiger partial charge on any atom is -0.383 e. The van der Waals surface area contributed by atoms with Crippen LogP contribution in [0, 0.1) is 0 Å². The van der Waals surface area contributed by atoms with Gasteiger partial charge in [0, 0.05) is 39.0 Å². The second-order valence-corrected chi connectivity index (χ2v) is 3.31. The van der Waals surface area contributed by atoms with E-state index in [-0.39, 0.29) is 6.04 Å². The first-order valence-corrected chi connectivity index (χ1v) is 4.69. The summed E-state index contributed by atoms with van der Waals surface area (Å²) in [5, 5.41) is 0. The first-order chi connectivity index (χ1) is 6.77. The summed E-state index contributed by atoms with van der Waals surface area (Å²) in [5.41, 5.74) is 2.72. The van der Waals surface area contributed by atoms with Gasteiger partial charge in [-0.1, -0.05) is 0 Å². The number of nitrogens with two attached hydrogens (primary N) is 1. The highest BCUT2D eigenvalue weighted by Gasteiger charge is 2.07. The van der Waals surface area contributed by atoms with E-state index < -0.39 is 0 Å². The van der Waals surface area contributed by atoms with E-state index in [1.807, 2.05) is 17.8 Å². The van der Waals surface area contributed by atoms with Crippen molar-refractivity contribution >= 4 is 0 Å². The molecular weight excluding hydrogens is 180 g/mol. The van der Waals surface area contributed by atoms with Gasteiger partial charge in [0.05, 0.1) is 6.61 Å². The van der Waals surface area contributed by atoms with Crippen molar-refractivity contribution in [3.63, 3.8) is 0 Å². The van der Waals surface area contributed by atoms with Gasteiger partial charge >= 0.3 is 0 Å². The molecule has 0 radical (unpaired) electrons. The Morgan fingerprint density at radius 2 is 2.50 bits per heavy atom. The minimum absolute atomic E-state index is 0.191. The molecule has 0 aliphatic rings. The summed E-state index contributed by atoms with van der Waals surface area (Å²) in [6, 6.07) is 0.191. The van der Waals surface area contributed by atoms with Crippen LogP contribution in [0.2, 0.25) is 0 Å². The summed E-state index contributed by atoms with van der Waals surface area (Å²) >= 11 is 0. The Morgan fingerprint density at radius 1 is 1.71 bits per heavy atom. The zero-order valence-corrected chi connectivity index (χ0v) is 8.73. The average molecular weight is 198 g/mol. The third kappa shape index (κ3) is 3.10. The van der Waals surface area contributed by atoms with Gasteiger partial charge in [-0.2, -0.15) is 0 Å². The molecule has 0 amide bonds. The zero-order valence-electron chi connectivity index (χ0n) is 8.73. The van der Waals surface area contributed by atoms with Crippen molar-refractivity contribution in [1.82, 2.24) is 15.0 Å². The maximum atomic E-state index is 5.38. The van der Waals surface area contributed by atoms with Crippen molar-refractivity contribution in [2.75, 3.05) is 13.7 Å².